The Balaban J connectivity index is 2.17. The third-order valence-corrected chi connectivity index (χ3v) is 3.87. The van der Waals surface area contributed by atoms with Gasteiger partial charge in [0, 0.05) is 17.7 Å². The zero-order valence-corrected chi connectivity index (χ0v) is 14.1. The van der Waals surface area contributed by atoms with Crippen molar-refractivity contribution >= 4 is 17.5 Å². The number of rotatable bonds is 5. The molecule has 0 heterocycles. The molecule has 5 heteroatoms. The Morgan fingerprint density at radius 1 is 1.22 bits per heavy atom. The third kappa shape index (κ3) is 4.30. The molecule has 0 aliphatic rings. The Morgan fingerprint density at radius 2 is 1.87 bits per heavy atom. The van der Waals surface area contributed by atoms with Gasteiger partial charge in [0.15, 0.2) is 0 Å². The minimum absolute atomic E-state index is 0.223. The highest BCUT2D eigenvalue weighted by Crippen LogP contribution is 2.28. The van der Waals surface area contributed by atoms with Crippen LogP contribution in [0.1, 0.15) is 35.3 Å². The Kier molecular flexibility index (Phi) is 5.39. The van der Waals surface area contributed by atoms with E-state index in [1.807, 2.05) is 26.0 Å². The number of nitrogens with one attached hydrogen (secondary N) is 1. The third-order valence-electron chi connectivity index (χ3n) is 3.56. The smallest absolute Gasteiger partial charge is 0.251 e. The van der Waals surface area contributed by atoms with Crippen LogP contribution in [-0.2, 0) is 16.9 Å². The zero-order valence-electron chi connectivity index (χ0n) is 13.3. The second-order valence-electron chi connectivity index (χ2n) is 5.83. The van der Waals surface area contributed by atoms with Crippen molar-refractivity contribution in [2.75, 3.05) is 7.11 Å². The summed E-state index contributed by atoms with van der Waals surface area (Å²) in [5.41, 5.74) is 1.46. The first kappa shape index (κ1) is 17.4. The highest BCUT2D eigenvalue weighted by Gasteiger charge is 2.26. The fourth-order valence-electron chi connectivity index (χ4n) is 2.34. The fourth-order valence-corrected chi connectivity index (χ4v) is 2.74. The molecule has 0 aliphatic heterocycles. The molecule has 2 rings (SSSR count). The van der Waals surface area contributed by atoms with Crippen LogP contribution in [0.15, 0.2) is 42.5 Å². The van der Waals surface area contributed by atoms with Gasteiger partial charge in [0.05, 0.1) is 12.1 Å². The standard InChI is InChI=1S/C18H19ClFNO2/c1-18(2,15-9-8-14(20)10-16(15)19)21-17(22)13-6-4-12(5-7-13)11-23-3/h4-10H,11H2,1-3H3,(H,21,22). The maximum absolute atomic E-state index is 13.2. The molecule has 0 bridgehead atoms. The van der Waals surface area contributed by atoms with Crippen LogP contribution in [0.3, 0.4) is 0 Å². The van der Waals surface area contributed by atoms with E-state index in [0.717, 1.165) is 5.56 Å². The summed E-state index contributed by atoms with van der Waals surface area (Å²) in [6.07, 6.45) is 0. The van der Waals surface area contributed by atoms with Gasteiger partial charge in [-0.15, -0.1) is 0 Å². The molecule has 1 N–H and O–H groups in total. The molecule has 1 amide bonds. The van der Waals surface area contributed by atoms with Gasteiger partial charge in [-0.2, -0.15) is 0 Å². The average Bonchev–Trinajstić information content (AvgIpc) is 2.47. The van der Waals surface area contributed by atoms with Crippen molar-refractivity contribution < 1.29 is 13.9 Å². The minimum Gasteiger partial charge on any atom is -0.380 e. The Morgan fingerprint density at radius 3 is 2.43 bits per heavy atom. The van der Waals surface area contributed by atoms with E-state index >= 15 is 0 Å². The lowest BCUT2D eigenvalue weighted by molar-refractivity contribution is 0.0912. The van der Waals surface area contributed by atoms with Gasteiger partial charge in [-0.05, 0) is 49.2 Å². The Hall–Kier alpha value is -1.91. The van der Waals surface area contributed by atoms with Crippen molar-refractivity contribution in [2.45, 2.75) is 26.0 Å². The molecule has 122 valence electrons. The topological polar surface area (TPSA) is 38.3 Å². The van der Waals surface area contributed by atoms with Gasteiger partial charge in [-0.1, -0.05) is 29.8 Å². The molecule has 23 heavy (non-hydrogen) atoms. The number of ether oxygens (including phenoxy) is 1. The van der Waals surface area contributed by atoms with Gasteiger partial charge in [-0.25, -0.2) is 4.39 Å². The highest BCUT2D eigenvalue weighted by molar-refractivity contribution is 6.31. The SMILES string of the molecule is COCc1ccc(C(=O)NC(C)(C)c2ccc(F)cc2Cl)cc1. The molecule has 3 nitrogen and oxygen atoms in total. The lowest BCUT2D eigenvalue weighted by Crippen LogP contribution is -2.41. The average molecular weight is 336 g/mol. The number of halogens is 2. The number of methoxy groups -OCH3 is 1. The van der Waals surface area contributed by atoms with Crippen molar-refractivity contribution in [3.63, 3.8) is 0 Å². The molecule has 0 spiro atoms. The summed E-state index contributed by atoms with van der Waals surface area (Å²) < 4.78 is 18.2. The van der Waals surface area contributed by atoms with Crippen LogP contribution >= 0.6 is 11.6 Å². The van der Waals surface area contributed by atoms with E-state index in [4.69, 9.17) is 16.3 Å². The van der Waals surface area contributed by atoms with Crippen LogP contribution in [0.25, 0.3) is 0 Å². The van der Waals surface area contributed by atoms with Crippen molar-refractivity contribution in [2.24, 2.45) is 0 Å². The quantitative estimate of drug-likeness (QED) is 0.885. The first-order valence-electron chi connectivity index (χ1n) is 7.19. The molecule has 0 radical (unpaired) electrons. The lowest BCUT2D eigenvalue weighted by atomic mass is 9.93. The summed E-state index contributed by atoms with van der Waals surface area (Å²) in [6.45, 7) is 4.14. The molecule has 0 fully saturated rings. The summed E-state index contributed by atoms with van der Waals surface area (Å²) in [5, 5.41) is 3.21. The number of hydrogen-bond donors (Lipinski definition) is 1. The van der Waals surface area contributed by atoms with Crippen LogP contribution in [0.2, 0.25) is 5.02 Å². The van der Waals surface area contributed by atoms with Gasteiger partial charge in [0.25, 0.3) is 5.91 Å². The molecule has 0 unspecified atom stereocenters. The van der Waals surface area contributed by atoms with Gasteiger partial charge in [0.2, 0.25) is 0 Å². The van der Waals surface area contributed by atoms with E-state index in [1.165, 1.54) is 12.1 Å². The molecule has 0 saturated heterocycles. The van der Waals surface area contributed by atoms with E-state index in [9.17, 15) is 9.18 Å². The van der Waals surface area contributed by atoms with E-state index < -0.39 is 11.4 Å². The second kappa shape index (κ2) is 7.11. The normalized spacial score (nSPS) is 11.3. The van der Waals surface area contributed by atoms with Crippen LogP contribution < -0.4 is 5.32 Å². The Labute approximate surface area is 140 Å². The van der Waals surface area contributed by atoms with Crippen molar-refractivity contribution in [1.82, 2.24) is 5.32 Å². The number of carbonyl (C=O) groups is 1. The molecule has 2 aromatic carbocycles. The summed E-state index contributed by atoms with van der Waals surface area (Å²) in [5.74, 6) is -0.631. The molecule has 0 atom stereocenters. The number of hydrogen-bond acceptors (Lipinski definition) is 2. The minimum atomic E-state index is -0.729. The first-order valence-corrected chi connectivity index (χ1v) is 7.57. The van der Waals surface area contributed by atoms with Crippen molar-refractivity contribution in [3.8, 4) is 0 Å². The molecule has 0 saturated carbocycles. The summed E-state index contributed by atoms with van der Waals surface area (Å²) in [6, 6.07) is 11.3. The lowest BCUT2D eigenvalue weighted by Gasteiger charge is -2.28. The Bertz CT molecular complexity index is 699. The van der Waals surface area contributed by atoms with Gasteiger partial charge in [0.1, 0.15) is 5.82 Å². The van der Waals surface area contributed by atoms with Crippen molar-refractivity contribution in [3.05, 3.63) is 70.0 Å². The van der Waals surface area contributed by atoms with Crippen LogP contribution in [-0.4, -0.2) is 13.0 Å². The molecular weight excluding hydrogens is 317 g/mol. The maximum Gasteiger partial charge on any atom is 0.251 e. The van der Waals surface area contributed by atoms with Gasteiger partial charge >= 0.3 is 0 Å². The van der Waals surface area contributed by atoms with Gasteiger partial charge in [-0.3, -0.25) is 4.79 Å². The predicted octanol–water partition coefficient (Wildman–Crippen LogP) is 4.29. The number of amides is 1. The van der Waals surface area contributed by atoms with Crippen LogP contribution in [0.5, 0.6) is 0 Å². The summed E-state index contributed by atoms with van der Waals surface area (Å²) in [4.78, 5) is 12.4. The fraction of sp³-hybridized carbons (Fsp3) is 0.278. The predicted molar refractivity (Wildman–Crippen MR) is 89.1 cm³/mol. The monoisotopic (exact) mass is 335 g/mol. The zero-order chi connectivity index (χ0) is 17.0. The molecular formula is C18H19ClFNO2. The molecule has 2 aromatic rings. The molecule has 0 aliphatic carbocycles. The molecule has 0 aromatic heterocycles. The van der Waals surface area contributed by atoms with E-state index in [0.29, 0.717) is 17.7 Å². The van der Waals surface area contributed by atoms with Crippen LogP contribution in [0, 0.1) is 5.82 Å². The maximum atomic E-state index is 13.2. The highest BCUT2D eigenvalue weighted by atomic mass is 35.5. The first-order chi connectivity index (χ1) is 10.8. The summed E-state index contributed by atoms with van der Waals surface area (Å²) >= 11 is 6.09. The second-order valence-corrected chi connectivity index (χ2v) is 6.24. The summed E-state index contributed by atoms with van der Waals surface area (Å²) in [7, 11) is 1.62. The van der Waals surface area contributed by atoms with Crippen LogP contribution in [0.4, 0.5) is 4.39 Å². The van der Waals surface area contributed by atoms with E-state index in [2.05, 4.69) is 5.32 Å². The number of benzene rings is 2. The van der Waals surface area contributed by atoms with E-state index in [1.54, 1.807) is 25.3 Å². The van der Waals surface area contributed by atoms with Crippen molar-refractivity contribution in [1.29, 1.82) is 0 Å². The largest absolute Gasteiger partial charge is 0.380 e. The number of carbonyl (C=O) groups excluding carboxylic acids is 1. The van der Waals surface area contributed by atoms with E-state index in [-0.39, 0.29) is 10.9 Å². The van der Waals surface area contributed by atoms with Gasteiger partial charge < -0.3 is 10.1 Å².